The molecular weight excluding hydrogens is 585 g/mol. The number of para-hydroxylation sites is 3. The molecule has 0 spiro atoms. The predicted molar refractivity (Wildman–Crippen MR) is 201 cm³/mol. The van der Waals surface area contributed by atoms with Crippen molar-refractivity contribution in [2.45, 2.75) is 13.2 Å². The summed E-state index contributed by atoms with van der Waals surface area (Å²) in [7, 11) is 0. The van der Waals surface area contributed by atoms with Crippen molar-refractivity contribution in [3.63, 3.8) is 0 Å². The third kappa shape index (κ3) is 3.79. The van der Waals surface area contributed by atoms with Gasteiger partial charge in [-0.25, -0.2) is 4.98 Å². The van der Waals surface area contributed by atoms with Gasteiger partial charge < -0.3 is 4.42 Å². The van der Waals surface area contributed by atoms with E-state index in [0.717, 1.165) is 76.5 Å². The Bertz CT molecular complexity index is 3040. The maximum atomic E-state index is 8.80. The number of imidazole rings is 1. The highest BCUT2D eigenvalue weighted by Gasteiger charge is 2.22. The summed E-state index contributed by atoms with van der Waals surface area (Å²) >= 11 is 0. The van der Waals surface area contributed by atoms with Crippen molar-refractivity contribution >= 4 is 65.3 Å². The second-order valence-electron chi connectivity index (χ2n) is 12.2. The Morgan fingerprint density at radius 3 is 1.85 bits per heavy atom. The van der Waals surface area contributed by atoms with E-state index < -0.39 is 13.2 Å². The van der Waals surface area contributed by atoms with Crippen molar-refractivity contribution in [2.75, 3.05) is 0 Å². The van der Waals surface area contributed by atoms with Crippen molar-refractivity contribution in [1.29, 1.82) is 0 Å². The summed E-state index contributed by atoms with van der Waals surface area (Å²) in [5, 5.41) is 8.37. The lowest BCUT2D eigenvalue weighted by Crippen LogP contribution is -2.01. The molecule has 2 heterocycles. The largest absolute Gasteiger partial charge is 0.456 e. The minimum atomic E-state index is -2.94. The summed E-state index contributed by atoms with van der Waals surface area (Å²) in [6.07, 6.45) is -2.71. The third-order valence-electron chi connectivity index (χ3n) is 9.69. The first-order chi connectivity index (χ1) is 25.7. The van der Waals surface area contributed by atoms with Gasteiger partial charge in [-0.3, -0.25) is 4.57 Å². The molecule has 0 aliphatic rings. The summed E-state index contributed by atoms with van der Waals surface area (Å²) in [6, 6.07) is 51.0. The van der Waals surface area contributed by atoms with Gasteiger partial charge in [0.25, 0.3) is 0 Å². The molecule has 10 rings (SSSR count). The Hall–Kier alpha value is -6.19. The molecule has 0 aliphatic carbocycles. The molecule has 226 valence electrons. The van der Waals surface area contributed by atoms with Crippen LogP contribution in [-0.2, 0) is 6.37 Å². The molecular formula is C45H30N2O. The van der Waals surface area contributed by atoms with E-state index in [2.05, 4.69) is 89.9 Å². The van der Waals surface area contributed by atoms with Crippen LogP contribution in [0.2, 0.25) is 0 Å². The van der Waals surface area contributed by atoms with Crippen LogP contribution in [0, 0.1) is 0 Å². The highest BCUT2D eigenvalue weighted by molar-refractivity contribution is 6.27. The van der Waals surface area contributed by atoms with Crippen LogP contribution in [0.5, 0.6) is 0 Å². The van der Waals surface area contributed by atoms with Gasteiger partial charge in [-0.15, -0.1) is 0 Å². The van der Waals surface area contributed by atoms with E-state index in [1.54, 1.807) is 10.6 Å². The molecule has 0 saturated heterocycles. The van der Waals surface area contributed by atoms with Crippen LogP contribution in [-0.4, -0.2) is 9.55 Å². The number of aromatic nitrogens is 2. The maximum absolute atomic E-state index is 8.80. The van der Waals surface area contributed by atoms with Crippen molar-refractivity contribution < 1.29 is 11.3 Å². The summed E-state index contributed by atoms with van der Waals surface area (Å²) in [4.78, 5) is 4.59. The number of furan rings is 1. The summed E-state index contributed by atoms with van der Waals surface area (Å²) in [5.41, 5.74) is 7.86. The third-order valence-corrected chi connectivity index (χ3v) is 9.69. The summed E-state index contributed by atoms with van der Waals surface area (Å²) < 4.78 is 50.0. The molecule has 0 unspecified atom stereocenters. The van der Waals surface area contributed by atoms with E-state index in [1.807, 2.05) is 60.7 Å². The first kappa shape index (κ1) is 22.4. The quantitative estimate of drug-likeness (QED) is 0.184. The van der Waals surface area contributed by atoms with Crippen molar-refractivity contribution in [3.8, 4) is 27.9 Å². The van der Waals surface area contributed by atoms with Crippen molar-refractivity contribution in [3.05, 3.63) is 157 Å². The van der Waals surface area contributed by atoms with Gasteiger partial charge in [-0.05, 0) is 79.5 Å². The van der Waals surface area contributed by atoms with Gasteiger partial charge in [0.15, 0.2) is 0 Å². The predicted octanol–water partition coefficient (Wildman–Crippen LogP) is 12.3. The molecule has 0 atom stereocenters. The van der Waals surface area contributed by atoms with E-state index in [-0.39, 0.29) is 5.82 Å². The van der Waals surface area contributed by atoms with Crippen LogP contribution in [0.4, 0.5) is 0 Å². The number of hydrogen-bond acceptors (Lipinski definition) is 2. The lowest BCUT2D eigenvalue weighted by molar-refractivity contribution is 0.669. The number of fused-ring (bicyclic) bond motifs is 7. The van der Waals surface area contributed by atoms with E-state index in [4.69, 9.17) is 11.3 Å². The van der Waals surface area contributed by atoms with Crippen molar-refractivity contribution in [1.82, 2.24) is 9.55 Å². The fraction of sp³-hybridized carbons (Fsp3) is 0.0444. The average Bonchev–Trinajstić information content (AvgIpc) is 3.76. The van der Waals surface area contributed by atoms with Crippen LogP contribution >= 0.6 is 0 Å². The molecule has 8 aromatic carbocycles. The van der Waals surface area contributed by atoms with E-state index in [0.29, 0.717) is 16.7 Å². The zero-order chi connectivity index (χ0) is 36.1. The number of benzene rings is 8. The number of rotatable bonds is 4. The normalized spacial score (nSPS) is 14.0. The highest BCUT2D eigenvalue weighted by Crippen LogP contribution is 2.48. The smallest absolute Gasteiger partial charge is 0.136 e. The topological polar surface area (TPSA) is 31.0 Å². The Morgan fingerprint density at radius 2 is 1.12 bits per heavy atom. The monoisotopic (exact) mass is 619 g/mol. The van der Waals surface area contributed by atoms with Gasteiger partial charge in [0.2, 0.25) is 0 Å². The molecule has 0 N–H and O–H groups in total. The minimum absolute atomic E-state index is 0.155. The zero-order valence-electron chi connectivity index (χ0n) is 30.7. The van der Waals surface area contributed by atoms with Gasteiger partial charge in [-0.1, -0.05) is 128 Å². The van der Waals surface area contributed by atoms with Crippen LogP contribution in [0.25, 0.3) is 93.2 Å². The number of aryl methyl sites for hydroxylation is 1. The Balaban J connectivity index is 1.29. The second kappa shape index (κ2) is 10.4. The zero-order valence-corrected chi connectivity index (χ0v) is 25.7. The number of nitrogens with zero attached hydrogens (tertiary/aromatic N) is 2. The molecule has 0 saturated carbocycles. The molecule has 3 heteroatoms. The fourth-order valence-corrected chi connectivity index (χ4v) is 7.74. The van der Waals surface area contributed by atoms with Gasteiger partial charge >= 0.3 is 0 Å². The summed E-state index contributed by atoms with van der Waals surface area (Å²) in [5.74, 6) is -0.155. The molecule has 0 fully saturated rings. The average molecular weight is 620 g/mol. The van der Waals surface area contributed by atoms with Gasteiger partial charge in [0.1, 0.15) is 17.0 Å². The Morgan fingerprint density at radius 1 is 0.542 bits per heavy atom. The molecule has 0 radical (unpaired) electrons. The van der Waals surface area contributed by atoms with Crippen LogP contribution in [0.3, 0.4) is 0 Å². The standard InChI is InChI=1S/C45H30N2O/c1-2-42-46-37-22-10-11-23-39(37)47(42)38-27-26-34(28-14-3-4-15-29(28)38)43-30-16-5-7-18-32(30)44(33-19-8-6-17-31(33)43)36-21-13-25-41-45(36)35-20-9-12-24-40(35)48-41/h3-27H,2H2,1H3/i1D3,2D2. The first-order valence-corrected chi connectivity index (χ1v) is 16.1. The van der Waals surface area contributed by atoms with E-state index in [9.17, 15) is 0 Å². The lowest BCUT2D eigenvalue weighted by atomic mass is 9.83. The first-order valence-electron chi connectivity index (χ1n) is 18.6. The maximum Gasteiger partial charge on any atom is 0.136 e. The summed E-state index contributed by atoms with van der Waals surface area (Å²) in [6.45, 7) is -2.94. The van der Waals surface area contributed by atoms with Crippen LogP contribution in [0.1, 0.15) is 19.5 Å². The van der Waals surface area contributed by atoms with Crippen molar-refractivity contribution in [2.24, 2.45) is 0 Å². The van der Waals surface area contributed by atoms with Gasteiger partial charge in [0.05, 0.1) is 16.7 Å². The van der Waals surface area contributed by atoms with E-state index >= 15 is 0 Å². The molecule has 3 nitrogen and oxygen atoms in total. The molecule has 10 aromatic rings. The van der Waals surface area contributed by atoms with E-state index in [1.165, 1.54) is 0 Å². The van der Waals surface area contributed by atoms with Gasteiger partial charge in [0, 0.05) is 29.4 Å². The fourth-order valence-electron chi connectivity index (χ4n) is 7.74. The van der Waals surface area contributed by atoms with Crippen LogP contribution < -0.4 is 0 Å². The number of hydrogen-bond donors (Lipinski definition) is 0. The van der Waals surface area contributed by atoms with Gasteiger partial charge in [-0.2, -0.15) is 0 Å². The minimum Gasteiger partial charge on any atom is -0.456 e. The Labute approximate surface area is 284 Å². The molecule has 2 aromatic heterocycles. The Kier molecular flexibility index (Phi) is 4.85. The highest BCUT2D eigenvalue weighted by atomic mass is 16.3. The molecule has 48 heavy (non-hydrogen) atoms. The molecule has 0 bridgehead atoms. The lowest BCUT2D eigenvalue weighted by Gasteiger charge is -2.20. The molecule has 0 amide bonds. The molecule has 0 aliphatic heterocycles. The second-order valence-corrected chi connectivity index (χ2v) is 12.2. The SMILES string of the molecule is [2H]C([2H])([2H])C([2H])([2H])c1nc2ccccc2n1-c1ccc(-c2c3ccccc3c(-c3cccc4oc5ccccc5c34)c3ccccc23)c2ccccc12. The van der Waals surface area contributed by atoms with Crippen LogP contribution in [0.15, 0.2) is 156 Å².